The summed E-state index contributed by atoms with van der Waals surface area (Å²) in [6.07, 6.45) is 6.35. The van der Waals surface area contributed by atoms with Crippen LogP contribution < -0.4 is 5.32 Å². The Morgan fingerprint density at radius 1 is 1.21 bits per heavy atom. The molecule has 1 heterocycles. The zero-order valence-corrected chi connectivity index (χ0v) is 17.9. The van der Waals surface area contributed by atoms with Crippen molar-refractivity contribution in [1.82, 2.24) is 5.32 Å². The van der Waals surface area contributed by atoms with Gasteiger partial charge in [0.2, 0.25) is 0 Å². The standard InChI is InChI=1S/C24H35FN2O2/c1-14-10-15-11-16(27-29-17-6-9-26-13-17)4-7-23(15,2)18-5-8-24(3)19(21(14)18)12-20(25)22(24)28/h15,17-21,26H,1,4-13H2,2-3H3/t15?,17?,18?,19?,20?,21?,23-,24-/m0/s1. The van der Waals surface area contributed by atoms with Crippen molar-refractivity contribution in [2.45, 2.75) is 77.5 Å². The zero-order chi connectivity index (χ0) is 20.4. The van der Waals surface area contributed by atoms with E-state index in [4.69, 9.17) is 4.84 Å². The second-order valence-electron chi connectivity index (χ2n) is 10.9. The van der Waals surface area contributed by atoms with Crippen LogP contribution in [-0.2, 0) is 9.63 Å². The van der Waals surface area contributed by atoms with Crippen molar-refractivity contribution < 1.29 is 14.0 Å². The van der Waals surface area contributed by atoms with E-state index in [-0.39, 0.29) is 23.2 Å². The first-order chi connectivity index (χ1) is 13.8. The molecule has 29 heavy (non-hydrogen) atoms. The van der Waals surface area contributed by atoms with Crippen LogP contribution in [0.1, 0.15) is 65.2 Å². The van der Waals surface area contributed by atoms with E-state index in [1.165, 1.54) is 11.3 Å². The first kappa shape index (κ1) is 19.7. The molecule has 0 radical (unpaired) electrons. The lowest BCUT2D eigenvalue weighted by Gasteiger charge is -2.60. The minimum absolute atomic E-state index is 0.141. The molecule has 4 aliphatic carbocycles. The van der Waals surface area contributed by atoms with Gasteiger partial charge in [-0.25, -0.2) is 4.39 Å². The normalized spacial score (nSPS) is 50.9. The highest BCUT2D eigenvalue weighted by Gasteiger charge is 2.63. The number of hydrogen-bond donors (Lipinski definition) is 1. The molecule has 5 fully saturated rings. The molecule has 1 N–H and O–H groups in total. The van der Waals surface area contributed by atoms with E-state index < -0.39 is 11.6 Å². The number of fused-ring (bicyclic) bond motifs is 5. The fourth-order valence-corrected chi connectivity index (χ4v) is 7.64. The van der Waals surface area contributed by atoms with Crippen molar-refractivity contribution in [2.24, 2.45) is 39.7 Å². The Bertz CT molecular complexity index is 745. The fourth-order valence-electron chi connectivity index (χ4n) is 7.64. The number of rotatable bonds is 2. The highest BCUT2D eigenvalue weighted by molar-refractivity contribution is 5.91. The van der Waals surface area contributed by atoms with E-state index in [2.05, 4.69) is 24.0 Å². The summed E-state index contributed by atoms with van der Waals surface area (Å²) in [5.41, 5.74) is 2.22. The molecule has 1 saturated heterocycles. The molecule has 0 spiro atoms. The second-order valence-corrected chi connectivity index (χ2v) is 10.9. The molecule has 0 bridgehead atoms. The van der Waals surface area contributed by atoms with E-state index in [0.29, 0.717) is 24.2 Å². The number of carbonyl (C=O) groups excluding carboxylic acids is 1. The number of alkyl halides is 1. The molecule has 0 aromatic carbocycles. The molecule has 5 rings (SSSR count). The summed E-state index contributed by atoms with van der Waals surface area (Å²) in [5, 5.41) is 7.87. The van der Waals surface area contributed by atoms with E-state index >= 15 is 0 Å². The summed E-state index contributed by atoms with van der Waals surface area (Å²) in [6, 6.07) is 0. The Labute approximate surface area is 173 Å². The summed E-state index contributed by atoms with van der Waals surface area (Å²) >= 11 is 0. The third-order valence-corrected chi connectivity index (χ3v) is 9.51. The molecule has 4 nitrogen and oxygen atoms in total. The van der Waals surface area contributed by atoms with Gasteiger partial charge in [-0.3, -0.25) is 4.79 Å². The molecule has 4 saturated carbocycles. The van der Waals surface area contributed by atoms with Crippen molar-refractivity contribution in [1.29, 1.82) is 0 Å². The maximum atomic E-state index is 14.4. The topological polar surface area (TPSA) is 50.7 Å². The number of nitrogens with zero attached hydrogens (tertiary/aromatic N) is 1. The van der Waals surface area contributed by atoms with Gasteiger partial charge in [-0.05, 0) is 80.6 Å². The maximum absolute atomic E-state index is 14.4. The lowest BCUT2D eigenvalue weighted by molar-refractivity contribution is -0.135. The smallest absolute Gasteiger partial charge is 0.173 e. The molecule has 6 unspecified atom stereocenters. The molecular weight excluding hydrogens is 367 g/mol. The average Bonchev–Trinajstić information content (AvgIpc) is 3.29. The van der Waals surface area contributed by atoms with Crippen LogP contribution in [0.5, 0.6) is 0 Å². The second kappa shape index (κ2) is 6.90. The highest BCUT2D eigenvalue weighted by atomic mass is 19.1. The Morgan fingerprint density at radius 2 is 2.03 bits per heavy atom. The first-order valence-electron chi connectivity index (χ1n) is 11.6. The molecular formula is C24H35FN2O2. The van der Waals surface area contributed by atoms with Gasteiger partial charge in [-0.1, -0.05) is 31.2 Å². The summed E-state index contributed by atoms with van der Waals surface area (Å²) in [7, 11) is 0. The maximum Gasteiger partial charge on any atom is 0.173 e. The molecule has 0 aromatic heterocycles. The number of nitrogens with one attached hydrogen (secondary N) is 1. The highest BCUT2D eigenvalue weighted by Crippen LogP contribution is 2.66. The number of Topliss-reactive ketones (excluding diaryl/α,β-unsaturated/α-hetero) is 1. The number of carbonyl (C=O) groups is 1. The van der Waals surface area contributed by atoms with Crippen molar-refractivity contribution in [2.75, 3.05) is 13.1 Å². The van der Waals surface area contributed by atoms with Crippen LogP contribution in [0.25, 0.3) is 0 Å². The van der Waals surface area contributed by atoms with Crippen LogP contribution in [0.15, 0.2) is 17.3 Å². The fraction of sp³-hybridized carbons (Fsp3) is 0.833. The molecule has 1 aliphatic heterocycles. The number of oxime groups is 1. The Balaban J connectivity index is 1.35. The Morgan fingerprint density at radius 3 is 2.79 bits per heavy atom. The van der Waals surface area contributed by atoms with Crippen LogP contribution in [0.3, 0.4) is 0 Å². The minimum atomic E-state index is -1.27. The predicted octanol–water partition coefficient (Wildman–Crippen LogP) is 4.45. The molecule has 160 valence electrons. The average molecular weight is 403 g/mol. The van der Waals surface area contributed by atoms with Crippen LogP contribution in [0, 0.1) is 34.5 Å². The van der Waals surface area contributed by atoms with Crippen LogP contribution >= 0.6 is 0 Å². The van der Waals surface area contributed by atoms with Crippen molar-refractivity contribution in [3.8, 4) is 0 Å². The SMILES string of the molecule is C=C1CC2CC(=NOC3CCNC3)CC[C@]2(C)C2CC[C@]3(C)C(=O)C(F)CC3C12. The van der Waals surface area contributed by atoms with Crippen molar-refractivity contribution >= 4 is 11.5 Å². The van der Waals surface area contributed by atoms with Gasteiger partial charge in [0.15, 0.2) is 12.0 Å². The summed E-state index contributed by atoms with van der Waals surface area (Å²) in [5.74, 6) is 1.36. The number of halogens is 1. The van der Waals surface area contributed by atoms with E-state index in [1.54, 1.807) is 0 Å². The molecule has 5 heteroatoms. The lowest BCUT2D eigenvalue weighted by atomic mass is 9.44. The predicted molar refractivity (Wildman–Crippen MR) is 111 cm³/mol. The van der Waals surface area contributed by atoms with Crippen LogP contribution in [-0.4, -0.2) is 36.9 Å². The number of allylic oxidation sites excluding steroid dienone is 1. The Kier molecular flexibility index (Phi) is 4.69. The van der Waals surface area contributed by atoms with Gasteiger partial charge in [-0.15, -0.1) is 0 Å². The van der Waals surface area contributed by atoms with Crippen LogP contribution in [0.4, 0.5) is 4.39 Å². The monoisotopic (exact) mass is 402 g/mol. The Hall–Kier alpha value is -1.23. The summed E-state index contributed by atoms with van der Waals surface area (Å²) in [4.78, 5) is 18.4. The summed E-state index contributed by atoms with van der Waals surface area (Å²) in [6.45, 7) is 10.9. The van der Waals surface area contributed by atoms with Crippen molar-refractivity contribution in [3.63, 3.8) is 0 Å². The number of hydrogen-bond acceptors (Lipinski definition) is 4. The number of ketones is 1. The largest absolute Gasteiger partial charge is 0.391 e. The molecule has 8 atom stereocenters. The van der Waals surface area contributed by atoms with Gasteiger partial charge < -0.3 is 10.2 Å². The summed E-state index contributed by atoms with van der Waals surface area (Å²) < 4.78 is 14.4. The minimum Gasteiger partial charge on any atom is -0.391 e. The lowest BCUT2D eigenvalue weighted by Crippen LogP contribution is -2.54. The van der Waals surface area contributed by atoms with Gasteiger partial charge in [0.1, 0.15) is 6.10 Å². The first-order valence-corrected chi connectivity index (χ1v) is 11.6. The van der Waals surface area contributed by atoms with E-state index in [1.807, 2.05) is 6.92 Å². The van der Waals surface area contributed by atoms with Gasteiger partial charge in [0.25, 0.3) is 0 Å². The quantitative estimate of drug-likeness (QED) is 0.548. The molecule has 0 amide bonds. The molecule has 5 aliphatic rings. The van der Waals surface area contributed by atoms with Gasteiger partial charge in [0.05, 0.1) is 5.71 Å². The molecule has 0 aromatic rings. The zero-order valence-electron chi connectivity index (χ0n) is 17.9. The van der Waals surface area contributed by atoms with E-state index in [0.717, 1.165) is 58.0 Å². The van der Waals surface area contributed by atoms with Crippen molar-refractivity contribution in [3.05, 3.63) is 12.2 Å². The van der Waals surface area contributed by atoms with Gasteiger partial charge >= 0.3 is 0 Å². The van der Waals surface area contributed by atoms with Gasteiger partial charge in [-0.2, -0.15) is 0 Å². The van der Waals surface area contributed by atoms with E-state index in [9.17, 15) is 9.18 Å². The third kappa shape index (κ3) is 2.94. The van der Waals surface area contributed by atoms with Gasteiger partial charge in [0, 0.05) is 18.4 Å². The van der Waals surface area contributed by atoms with Crippen LogP contribution in [0.2, 0.25) is 0 Å². The third-order valence-electron chi connectivity index (χ3n) is 9.51.